The third-order valence-corrected chi connectivity index (χ3v) is 4.98. The second kappa shape index (κ2) is 5.85. The Bertz CT molecular complexity index is 488. The maximum atomic E-state index is 11.1. The number of carbonyl (C=O) groups is 1. The van der Waals surface area contributed by atoms with Crippen LogP contribution in [0.25, 0.3) is 0 Å². The highest BCUT2D eigenvalue weighted by atomic mass is 79.9. The van der Waals surface area contributed by atoms with Crippen LogP contribution in [0.1, 0.15) is 37.0 Å². The molecule has 1 atom stereocenters. The first-order valence-electron chi connectivity index (χ1n) is 6.21. The van der Waals surface area contributed by atoms with Gasteiger partial charge in [-0.1, -0.05) is 0 Å². The molecule has 0 radical (unpaired) electrons. The van der Waals surface area contributed by atoms with Gasteiger partial charge in [0.2, 0.25) is 0 Å². The average Bonchev–Trinajstić information content (AvgIpc) is 2.67. The minimum absolute atomic E-state index is 0.0167. The highest BCUT2D eigenvalue weighted by molar-refractivity contribution is 9.10. The van der Waals surface area contributed by atoms with Crippen LogP contribution < -0.4 is 0 Å². The number of thioether (sulfide) groups is 1. The van der Waals surface area contributed by atoms with Gasteiger partial charge >= 0.3 is 5.97 Å². The molecule has 1 aliphatic rings. The van der Waals surface area contributed by atoms with Crippen LogP contribution in [0.5, 0.6) is 0 Å². The molecule has 0 aromatic heterocycles. The molecule has 1 aromatic rings. The zero-order valence-corrected chi connectivity index (χ0v) is 13.4. The summed E-state index contributed by atoms with van der Waals surface area (Å²) in [6, 6.07) is 5.42. The Morgan fingerprint density at radius 3 is 2.89 bits per heavy atom. The Balaban J connectivity index is 1.97. The Labute approximate surface area is 125 Å². The van der Waals surface area contributed by atoms with Gasteiger partial charge in [0.05, 0.1) is 17.3 Å². The third-order valence-electron chi connectivity index (χ3n) is 3.16. The smallest absolute Gasteiger partial charge is 0.336 e. The number of rotatable bonds is 4. The highest BCUT2D eigenvalue weighted by Gasteiger charge is 2.31. The fourth-order valence-electron chi connectivity index (χ4n) is 2.14. The van der Waals surface area contributed by atoms with Gasteiger partial charge in [0.1, 0.15) is 0 Å². The lowest BCUT2D eigenvalue weighted by Gasteiger charge is -2.19. The van der Waals surface area contributed by atoms with E-state index in [0.717, 1.165) is 23.5 Å². The quantitative estimate of drug-likeness (QED) is 0.831. The van der Waals surface area contributed by atoms with Crippen molar-refractivity contribution < 1.29 is 14.6 Å². The summed E-state index contributed by atoms with van der Waals surface area (Å²) < 4.78 is 6.54. The van der Waals surface area contributed by atoms with E-state index in [9.17, 15) is 4.79 Å². The average molecular weight is 345 g/mol. The number of carboxylic acid groups (broad SMARTS) is 1. The van der Waals surface area contributed by atoms with E-state index < -0.39 is 5.97 Å². The van der Waals surface area contributed by atoms with Crippen LogP contribution in [0, 0.1) is 0 Å². The first-order valence-corrected chi connectivity index (χ1v) is 7.99. The maximum Gasteiger partial charge on any atom is 0.336 e. The van der Waals surface area contributed by atoms with E-state index in [1.807, 2.05) is 6.07 Å². The minimum Gasteiger partial charge on any atom is -0.478 e. The van der Waals surface area contributed by atoms with Crippen molar-refractivity contribution in [1.82, 2.24) is 0 Å². The van der Waals surface area contributed by atoms with E-state index in [0.29, 0.717) is 10.0 Å². The van der Waals surface area contributed by atoms with Crippen LogP contribution in [-0.2, 0) is 4.74 Å². The molecule has 1 unspecified atom stereocenters. The molecule has 3 nitrogen and oxygen atoms in total. The van der Waals surface area contributed by atoms with E-state index in [-0.39, 0.29) is 11.7 Å². The van der Waals surface area contributed by atoms with Crippen molar-refractivity contribution >= 4 is 33.7 Å². The number of ether oxygens (including phenoxy) is 1. The van der Waals surface area contributed by atoms with Gasteiger partial charge in [-0.25, -0.2) is 4.79 Å². The summed E-state index contributed by atoms with van der Waals surface area (Å²) in [6.07, 6.45) is 2.42. The van der Waals surface area contributed by atoms with Crippen molar-refractivity contribution in [3.05, 3.63) is 28.2 Å². The van der Waals surface area contributed by atoms with E-state index >= 15 is 0 Å². The van der Waals surface area contributed by atoms with Crippen LogP contribution in [0.15, 0.2) is 27.6 Å². The van der Waals surface area contributed by atoms with Gasteiger partial charge in [-0.3, -0.25) is 0 Å². The molecule has 5 heteroatoms. The first kappa shape index (κ1) is 14.9. The molecule has 1 N–H and O–H groups in total. The molecule has 0 bridgehead atoms. The Kier molecular flexibility index (Phi) is 4.58. The molecule has 1 aliphatic heterocycles. The second-order valence-electron chi connectivity index (χ2n) is 5.30. The molecule has 1 saturated heterocycles. The van der Waals surface area contributed by atoms with Gasteiger partial charge in [0.25, 0.3) is 0 Å². The van der Waals surface area contributed by atoms with Gasteiger partial charge in [-0.2, -0.15) is 0 Å². The number of carboxylic acids is 1. The molecule has 2 rings (SSSR count). The monoisotopic (exact) mass is 344 g/mol. The molecule has 0 amide bonds. The predicted molar refractivity (Wildman–Crippen MR) is 80.0 cm³/mol. The summed E-state index contributed by atoms with van der Waals surface area (Å²) in [5.74, 6) is -0.0445. The lowest BCUT2D eigenvalue weighted by Crippen LogP contribution is -2.21. The van der Waals surface area contributed by atoms with Crippen LogP contribution >= 0.6 is 27.7 Å². The Morgan fingerprint density at radius 1 is 1.58 bits per heavy atom. The molecular weight excluding hydrogens is 328 g/mol. The van der Waals surface area contributed by atoms with Crippen molar-refractivity contribution in [3.8, 4) is 0 Å². The van der Waals surface area contributed by atoms with E-state index in [1.165, 1.54) is 0 Å². The molecule has 1 fully saturated rings. The molecule has 0 spiro atoms. The van der Waals surface area contributed by atoms with Gasteiger partial charge in [0, 0.05) is 15.1 Å². The lowest BCUT2D eigenvalue weighted by molar-refractivity contribution is -0.00466. The van der Waals surface area contributed by atoms with E-state index in [4.69, 9.17) is 9.84 Å². The highest BCUT2D eigenvalue weighted by Crippen LogP contribution is 2.33. The van der Waals surface area contributed by atoms with Gasteiger partial charge in [-0.05, 0) is 60.8 Å². The summed E-state index contributed by atoms with van der Waals surface area (Å²) in [4.78, 5) is 12.0. The van der Waals surface area contributed by atoms with E-state index in [1.54, 1.807) is 23.9 Å². The lowest BCUT2D eigenvalue weighted by atomic mass is 10.1. The first-order chi connectivity index (χ1) is 8.87. The number of aromatic carboxylic acids is 1. The van der Waals surface area contributed by atoms with E-state index in [2.05, 4.69) is 29.8 Å². The zero-order valence-electron chi connectivity index (χ0n) is 11.0. The summed E-state index contributed by atoms with van der Waals surface area (Å²) >= 11 is 4.90. The molecule has 104 valence electrons. The van der Waals surface area contributed by atoms with Crippen LogP contribution in [0.2, 0.25) is 0 Å². The molecule has 1 aromatic carbocycles. The van der Waals surface area contributed by atoms with Crippen LogP contribution in [0.4, 0.5) is 0 Å². The Morgan fingerprint density at radius 2 is 2.32 bits per heavy atom. The van der Waals surface area contributed by atoms with Crippen molar-refractivity contribution in [2.75, 3.05) is 5.75 Å². The van der Waals surface area contributed by atoms with Crippen molar-refractivity contribution in [3.63, 3.8) is 0 Å². The minimum atomic E-state index is -0.910. The van der Waals surface area contributed by atoms with Gasteiger partial charge in [-0.15, -0.1) is 11.8 Å². The predicted octanol–water partition coefficient (Wildman–Crippen LogP) is 4.20. The largest absolute Gasteiger partial charge is 0.478 e. The maximum absolute atomic E-state index is 11.1. The molecule has 0 saturated carbocycles. The van der Waals surface area contributed by atoms with Crippen molar-refractivity contribution in [2.45, 2.75) is 43.3 Å². The topological polar surface area (TPSA) is 46.5 Å². The van der Waals surface area contributed by atoms with Crippen LogP contribution in [-0.4, -0.2) is 28.5 Å². The fraction of sp³-hybridized carbons (Fsp3) is 0.500. The number of benzene rings is 1. The van der Waals surface area contributed by atoms with Crippen molar-refractivity contribution in [1.29, 1.82) is 0 Å². The summed E-state index contributed by atoms with van der Waals surface area (Å²) in [5, 5.41) is 9.07. The van der Waals surface area contributed by atoms with Gasteiger partial charge < -0.3 is 9.84 Å². The Hall–Kier alpha value is -0.520. The SMILES string of the molecule is CC1(C)CCC(CSc2ccc(Br)c(C(=O)O)c2)O1. The fourth-order valence-corrected chi connectivity index (χ4v) is 3.54. The number of hydrogen-bond acceptors (Lipinski definition) is 3. The third kappa shape index (κ3) is 3.97. The van der Waals surface area contributed by atoms with Gasteiger partial charge in [0.15, 0.2) is 0 Å². The zero-order chi connectivity index (χ0) is 14.0. The van der Waals surface area contributed by atoms with Crippen LogP contribution in [0.3, 0.4) is 0 Å². The van der Waals surface area contributed by atoms with Crippen molar-refractivity contribution in [2.24, 2.45) is 0 Å². The summed E-state index contributed by atoms with van der Waals surface area (Å²) in [5.41, 5.74) is 0.287. The second-order valence-corrected chi connectivity index (χ2v) is 7.24. The molecular formula is C14H17BrO3S. The normalized spacial score (nSPS) is 21.5. The standard InChI is InChI=1S/C14H17BrO3S/c1-14(2)6-5-9(18-14)8-19-10-3-4-12(15)11(7-10)13(16)17/h3-4,7,9H,5-6,8H2,1-2H3,(H,16,17). The summed E-state index contributed by atoms with van der Waals surface area (Å²) in [6.45, 7) is 4.22. The molecule has 0 aliphatic carbocycles. The molecule has 1 heterocycles. The molecule has 19 heavy (non-hydrogen) atoms. The number of halogens is 1. The number of hydrogen-bond donors (Lipinski definition) is 1. The summed E-state index contributed by atoms with van der Waals surface area (Å²) in [7, 11) is 0.